The maximum absolute atomic E-state index is 12.9. The first-order valence-electron chi connectivity index (χ1n) is 5.86. The molecule has 1 N–H and O–H groups in total. The van der Waals surface area contributed by atoms with Gasteiger partial charge in [-0.1, -0.05) is 19.4 Å². The zero-order valence-electron chi connectivity index (χ0n) is 10.6. The van der Waals surface area contributed by atoms with Gasteiger partial charge in [0.25, 0.3) is 0 Å². The maximum Gasteiger partial charge on any atom is 0.321 e. The van der Waals surface area contributed by atoms with Crippen molar-refractivity contribution in [2.24, 2.45) is 0 Å². The highest BCUT2D eigenvalue weighted by Crippen LogP contribution is 2.09. The molecular weight excluding hydrogens is 273 g/mol. The molecule has 1 aromatic rings. The lowest BCUT2D eigenvalue weighted by Gasteiger charge is -2.07. The number of unbranched alkanes of at least 4 members (excludes halogenated alkanes) is 1. The Bertz CT molecular complexity index is 530. The molecule has 0 saturated carbocycles. The van der Waals surface area contributed by atoms with Crippen molar-refractivity contribution in [3.8, 4) is 0 Å². The van der Waals surface area contributed by atoms with Crippen LogP contribution in [-0.4, -0.2) is 27.5 Å². The number of halogens is 1. The third-order valence-corrected chi connectivity index (χ3v) is 3.67. The molecule has 0 fully saturated rings. The van der Waals surface area contributed by atoms with Crippen LogP contribution >= 0.6 is 0 Å². The number of hydrogen-bond acceptors (Lipinski definition) is 4. The minimum atomic E-state index is -3.90. The van der Waals surface area contributed by atoms with Gasteiger partial charge >= 0.3 is 5.97 Å². The van der Waals surface area contributed by atoms with Gasteiger partial charge in [0.05, 0.1) is 11.5 Å². The van der Waals surface area contributed by atoms with Crippen LogP contribution in [0.4, 0.5) is 4.39 Å². The van der Waals surface area contributed by atoms with E-state index in [1.54, 1.807) is 0 Å². The molecule has 106 valence electrons. The first-order valence-corrected chi connectivity index (χ1v) is 7.35. The number of esters is 1. The normalized spacial score (nSPS) is 11.3. The summed E-state index contributed by atoms with van der Waals surface area (Å²) in [5, 5.41) is 0. The average molecular weight is 289 g/mol. The molecule has 0 aromatic heterocycles. The lowest BCUT2D eigenvalue weighted by Crippen LogP contribution is -2.30. The fraction of sp³-hybridized carbons (Fsp3) is 0.417. The zero-order valence-corrected chi connectivity index (χ0v) is 11.4. The predicted octanol–water partition coefficient (Wildman–Crippen LogP) is 1.45. The molecule has 0 aliphatic carbocycles. The summed E-state index contributed by atoms with van der Waals surface area (Å²) in [4.78, 5) is 11.0. The van der Waals surface area contributed by atoms with Gasteiger partial charge in [-0.15, -0.1) is 0 Å². The Hall–Kier alpha value is -1.47. The number of carbonyl (C=O) groups excluding carboxylic acids is 1. The van der Waals surface area contributed by atoms with E-state index in [1.165, 1.54) is 12.1 Å². The standard InChI is InChI=1S/C12H16FNO4S/c1-2-3-7-18-12(15)9-14-19(16,17)11-6-4-5-10(13)8-11/h4-6,8,14H,2-3,7,9H2,1H3. The third-order valence-electron chi connectivity index (χ3n) is 2.27. The lowest BCUT2D eigenvalue weighted by atomic mass is 10.4. The number of nitrogens with one attached hydrogen (secondary N) is 1. The van der Waals surface area contributed by atoms with Crippen LogP contribution in [0, 0.1) is 5.82 Å². The topological polar surface area (TPSA) is 72.5 Å². The molecule has 0 bridgehead atoms. The molecule has 1 aromatic carbocycles. The second-order valence-corrected chi connectivity index (χ2v) is 5.62. The van der Waals surface area contributed by atoms with Gasteiger partial charge in [0.15, 0.2) is 0 Å². The number of carbonyl (C=O) groups is 1. The van der Waals surface area contributed by atoms with E-state index in [4.69, 9.17) is 4.74 Å². The second-order valence-electron chi connectivity index (χ2n) is 3.86. The fourth-order valence-electron chi connectivity index (χ4n) is 1.25. The molecule has 0 spiro atoms. The summed E-state index contributed by atoms with van der Waals surface area (Å²) in [6.45, 7) is 1.74. The van der Waals surface area contributed by atoms with Crippen LogP contribution in [0.5, 0.6) is 0 Å². The number of benzene rings is 1. The predicted molar refractivity (Wildman–Crippen MR) is 67.5 cm³/mol. The molecule has 0 heterocycles. The molecular formula is C12H16FNO4S. The summed E-state index contributed by atoms with van der Waals surface area (Å²) >= 11 is 0. The first-order chi connectivity index (χ1) is 8.95. The Morgan fingerprint density at radius 3 is 2.79 bits per heavy atom. The monoisotopic (exact) mass is 289 g/mol. The highest BCUT2D eigenvalue weighted by atomic mass is 32.2. The van der Waals surface area contributed by atoms with Gasteiger partial charge in [-0.3, -0.25) is 4.79 Å². The molecule has 0 amide bonds. The molecule has 0 aliphatic heterocycles. The molecule has 0 saturated heterocycles. The van der Waals surface area contributed by atoms with Crippen LogP contribution in [-0.2, 0) is 19.6 Å². The fourth-order valence-corrected chi connectivity index (χ4v) is 2.25. The number of ether oxygens (including phenoxy) is 1. The minimum absolute atomic E-state index is 0.228. The second kappa shape index (κ2) is 7.20. The largest absolute Gasteiger partial charge is 0.465 e. The molecule has 0 radical (unpaired) electrons. The highest BCUT2D eigenvalue weighted by molar-refractivity contribution is 7.89. The van der Waals surface area contributed by atoms with Gasteiger partial charge in [-0.05, 0) is 24.6 Å². The van der Waals surface area contributed by atoms with Crippen molar-refractivity contribution in [1.82, 2.24) is 4.72 Å². The quantitative estimate of drug-likeness (QED) is 0.609. The Balaban J connectivity index is 2.54. The third kappa shape index (κ3) is 5.35. The van der Waals surface area contributed by atoms with Crippen molar-refractivity contribution in [1.29, 1.82) is 0 Å². The van der Waals surface area contributed by atoms with Crippen molar-refractivity contribution >= 4 is 16.0 Å². The van der Waals surface area contributed by atoms with E-state index in [9.17, 15) is 17.6 Å². The van der Waals surface area contributed by atoms with E-state index in [-0.39, 0.29) is 11.5 Å². The van der Waals surface area contributed by atoms with Gasteiger partial charge in [0, 0.05) is 0 Å². The van der Waals surface area contributed by atoms with Crippen molar-refractivity contribution in [3.05, 3.63) is 30.1 Å². The van der Waals surface area contributed by atoms with Crippen molar-refractivity contribution in [3.63, 3.8) is 0 Å². The summed E-state index contributed by atoms with van der Waals surface area (Å²) in [7, 11) is -3.90. The molecule has 0 aliphatic rings. The Kier molecular flexibility index (Phi) is 5.91. The van der Waals surface area contributed by atoms with Gasteiger partial charge < -0.3 is 4.74 Å². The number of sulfonamides is 1. The Morgan fingerprint density at radius 2 is 2.16 bits per heavy atom. The van der Waals surface area contributed by atoms with Gasteiger partial charge in [0.2, 0.25) is 10.0 Å². The Morgan fingerprint density at radius 1 is 1.42 bits per heavy atom. The first kappa shape index (κ1) is 15.6. The van der Waals surface area contributed by atoms with E-state index in [1.807, 2.05) is 6.92 Å². The van der Waals surface area contributed by atoms with Crippen molar-refractivity contribution < 1.29 is 22.3 Å². The van der Waals surface area contributed by atoms with Crippen molar-refractivity contribution in [2.45, 2.75) is 24.7 Å². The maximum atomic E-state index is 12.9. The summed E-state index contributed by atoms with van der Waals surface area (Å²) in [6, 6.07) is 4.54. The van der Waals surface area contributed by atoms with Crippen LogP contribution in [0.15, 0.2) is 29.2 Å². The molecule has 5 nitrogen and oxygen atoms in total. The van der Waals surface area contributed by atoms with Crippen LogP contribution in [0.3, 0.4) is 0 Å². The van der Waals surface area contributed by atoms with Gasteiger partial charge in [-0.25, -0.2) is 12.8 Å². The molecule has 1 rings (SSSR count). The average Bonchev–Trinajstić information content (AvgIpc) is 2.37. The molecule has 0 atom stereocenters. The summed E-state index contributed by atoms with van der Waals surface area (Å²) in [6.07, 6.45) is 1.60. The number of rotatable bonds is 7. The molecule has 0 unspecified atom stereocenters. The highest BCUT2D eigenvalue weighted by Gasteiger charge is 2.16. The van der Waals surface area contributed by atoms with Crippen LogP contribution < -0.4 is 4.72 Å². The summed E-state index contributed by atoms with van der Waals surface area (Å²) in [5.41, 5.74) is 0. The van der Waals surface area contributed by atoms with E-state index < -0.39 is 28.4 Å². The van der Waals surface area contributed by atoms with E-state index in [2.05, 4.69) is 4.72 Å². The van der Waals surface area contributed by atoms with Gasteiger partial charge in [0.1, 0.15) is 12.4 Å². The van der Waals surface area contributed by atoms with Crippen LogP contribution in [0.1, 0.15) is 19.8 Å². The van der Waals surface area contributed by atoms with E-state index >= 15 is 0 Å². The summed E-state index contributed by atoms with van der Waals surface area (Å²) in [5.74, 6) is -1.32. The van der Waals surface area contributed by atoms with Gasteiger partial charge in [-0.2, -0.15) is 4.72 Å². The minimum Gasteiger partial charge on any atom is -0.465 e. The SMILES string of the molecule is CCCCOC(=O)CNS(=O)(=O)c1cccc(F)c1. The zero-order chi connectivity index (χ0) is 14.3. The number of hydrogen-bond donors (Lipinski definition) is 1. The molecule has 19 heavy (non-hydrogen) atoms. The Labute approximate surface area is 111 Å². The lowest BCUT2D eigenvalue weighted by molar-refractivity contribution is -0.142. The van der Waals surface area contributed by atoms with E-state index in [0.29, 0.717) is 0 Å². The smallest absolute Gasteiger partial charge is 0.321 e. The summed E-state index contributed by atoms with van der Waals surface area (Å²) < 4.78 is 43.2. The molecule has 7 heteroatoms. The van der Waals surface area contributed by atoms with E-state index in [0.717, 1.165) is 25.0 Å². The van der Waals surface area contributed by atoms with Crippen LogP contribution in [0.25, 0.3) is 0 Å². The van der Waals surface area contributed by atoms with Crippen molar-refractivity contribution in [2.75, 3.05) is 13.2 Å². The van der Waals surface area contributed by atoms with Crippen LogP contribution in [0.2, 0.25) is 0 Å².